The molecule has 0 bridgehead atoms. The molecule has 23 heavy (non-hydrogen) atoms. The van der Waals surface area contributed by atoms with Gasteiger partial charge in [-0.2, -0.15) is 4.98 Å². The van der Waals surface area contributed by atoms with Gasteiger partial charge in [0.1, 0.15) is 11.6 Å². The smallest absolute Gasteiger partial charge is 0.227 e. The molecule has 0 radical (unpaired) electrons. The van der Waals surface area contributed by atoms with E-state index < -0.39 is 0 Å². The zero-order valence-corrected chi connectivity index (χ0v) is 13.0. The first-order valence-electron chi connectivity index (χ1n) is 7.79. The van der Waals surface area contributed by atoms with Gasteiger partial charge < -0.3 is 15.7 Å². The number of rotatable bonds is 4. The molecule has 1 atom stereocenters. The topological polar surface area (TPSA) is 75.3 Å². The van der Waals surface area contributed by atoms with Crippen molar-refractivity contribution in [3.8, 4) is 0 Å². The molecule has 5 nitrogen and oxygen atoms in total. The van der Waals surface area contributed by atoms with E-state index >= 15 is 0 Å². The molecule has 1 saturated heterocycles. The molecule has 1 aromatic heterocycles. The SMILES string of the molecule is Nc1ccnc(N2CCC[C@](CO)(Cc3ccc(F)cc3)C2)n1. The Hall–Kier alpha value is -2.21. The molecule has 0 saturated carbocycles. The number of aliphatic hydroxyl groups excluding tert-OH is 1. The molecule has 1 aromatic carbocycles. The number of aliphatic hydroxyl groups is 1. The van der Waals surface area contributed by atoms with Gasteiger partial charge in [-0.15, -0.1) is 0 Å². The molecule has 1 aliphatic heterocycles. The van der Waals surface area contributed by atoms with Gasteiger partial charge in [0.05, 0.1) is 6.61 Å². The summed E-state index contributed by atoms with van der Waals surface area (Å²) in [4.78, 5) is 10.6. The van der Waals surface area contributed by atoms with Crippen molar-refractivity contribution in [2.24, 2.45) is 5.41 Å². The minimum Gasteiger partial charge on any atom is -0.396 e. The second kappa shape index (κ2) is 6.50. The van der Waals surface area contributed by atoms with Crippen molar-refractivity contribution in [3.05, 3.63) is 47.9 Å². The molecule has 1 aliphatic rings. The van der Waals surface area contributed by atoms with Crippen LogP contribution in [0.25, 0.3) is 0 Å². The van der Waals surface area contributed by atoms with E-state index in [0.717, 1.165) is 24.9 Å². The predicted octanol–water partition coefficient (Wildman–Crippen LogP) is 2.02. The van der Waals surface area contributed by atoms with Crippen molar-refractivity contribution < 1.29 is 9.50 Å². The van der Waals surface area contributed by atoms with Crippen molar-refractivity contribution in [3.63, 3.8) is 0 Å². The summed E-state index contributed by atoms with van der Waals surface area (Å²) in [6, 6.07) is 8.14. The molecule has 0 amide bonds. The lowest BCUT2D eigenvalue weighted by atomic mass is 9.76. The Morgan fingerprint density at radius 2 is 2.04 bits per heavy atom. The molecule has 2 heterocycles. The Bertz CT molecular complexity index is 664. The highest BCUT2D eigenvalue weighted by atomic mass is 19.1. The van der Waals surface area contributed by atoms with Crippen LogP contribution in [0.1, 0.15) is 18.4 Å². The van der Waals surface area contributed by atoms with Crippen LogP contribution in [0.5, 0.6) is 0 Å². The lowest BCUT2D eigenvalue weighted by Crippen LogP contribution is -2.47. The van der Waals surface area contributed by atoms with Gasteiger partial charge >= 0.3 is 0 Å². The van der Waals surface area contributed by atoms with Crippen LogP contribution in [0.4, 0.5) is 16.2 Å². The van der Waals surface area contributed by atoms with Gasteiger partial charge in [0.15, 0.2) is 0 Å². The number of piperidine rings is 1. The maximum Gasteiger partial charge on any atom is 0.227 e. The molecular weight excluding hydrogens is 295 g/mol. The van der Waals surface area contributed by atoms with Gasteiger partial charge in [0.25, 0.3) is 0 Å². The molecule has 122 valence electrons. The zero-order valence-electron chi connectivity index (χ0n) is 13.0. The Morgan fingerprint density at radius 1 is 1.26 bits per heavy atom. The summed E-state index contributed by atoms with van der Waals surface area (Å²) in [5.41, 5.74) is 6.49. The average Bonchev–Trinajstić information content (AvgIpc) is 2.57. The second-order valence-corrected chi connectivity index (χ2v) is 6.27. The molecule has 2 aromatic rings. The summed E-state index contributed by atoms with van der Waals surface area (Å²) >= 11 is 0. The maximum absolute atomic E-state index is 13.1. The number of hydrogen-bond acceptors (Lipinski definition) is 5. The molecule has 1 fully saturated rings. The average molecular weight is 316 g/mol. The van der Waals surface area contributed by atoms with Gasteiger partial charge in [-0.3, -0.25) is 0 Å². The fourth-order valence-electron chi connectivity index (χ4n) is 3.26. The highest BCUT2D eigenvalue weighted by Gasteiger charge is 2.36. The van der Waals surface area contributed by atoms with Gasteiger partial charge in [0, 0.05) is 24.7 Å². The van der Waals surface area contributed by atoms with E-state index in [1.807, 2.05) is 0 Å². The van der Waals surface area contributed by atoms with Gasteiger partial charge in [-0.25, -0.2) is 9.37 Å². The first-order chi connectivity index (χ1) is 11.1. The van der Waals surface area contributed by atoms with Crippen LogP contribution >= 0.6 is 0 Å². The number of nitrogen functional groups attached to an aromatic ring is 1. The number of benzene rings is 1. The van der Waals surface area contributed by atoms with E-state index in [9.17, 15) is 9.50 Å². The minimum absolute atomic E-state index is 0.0726. The van der Waals surface area contributed by atoms with Crippen molar-refractivity contribution in [1.82, 2.24) is 9.97 Å². The predicted molar refractivity (Wildman–Crippen MR) is 87.5 cm³/mol. The Balaban J connectivity index is 1.79. The molecule has 3 N–H and O–H groups in total. The van der Waals surface area contributed by atoms with Crippen molar-refractivity contribution in [1.29, 1.82) is 0 Å². The number of anilines is 2. The van der Waals surface area contributed by atoms with Crippen LogP contribution in [-0.4, -0.2) is 34.8 Å². The van der Waals surface area contributed by atoms with E-state index in [0.29, 0.717) is 24.7 Å². The van der Waals surface area contributed by atoms with Crippen LogP contribution in [-0.2, 0) is 6.42 Å². The summed E-state index contributed by atoms with van der Waals surface area (Å²) in [5.74, 6) is 0.792. The molecule has 0 spiro atoms. The van der Waals surface area contributed by atoms with E-state index in [-0.39, 0.29) is 17.8 Å². The van der Waals surface area contributed by atoms with E-state index in [1.54, 1.807) is 24.4 Å². The molecule has 0 aliphatic carbocycles. The summed E-state index contributed by atoms with van der Waals surface area (Å²) in [5, 5.41) is 10.0. The standard InChI is InChI=1S/C17H21FN4O/c18-14-4-2-13(3-5-14)10-17(12-23)7-1-9-22(11-17)16-20-8-6-15(19)21-16/h2-6,8,23H,1,7,9-12H2,(H2,19,20,21)/t17-/m0/s1. The molecule has 0 unspecified atom stereocenters. The summed E-state index contributed by atoms with van der Waals surface area (Å²) < 4.78 is 13.1. The number of nitrogens with two attached hydrogens (primary N) is 1. The number of aromatic nitrogens is 2. The number of hydrogen-bond donors (Lipinski definition) is 2. The van der Waals surface area contributed by atoms with Crippen molar-refractivity contribution >= 4 is 11.8 Å². The Labute approximate surface area is 135 Å². The first-order valence-corrected chi connectivity index (χ1v) is 7.79. The Kier molecular flexibility index (Phi) is 4.43. The van der Waals surface area contributed by atoms with Crippen molar-refractivity contribution in [2.45, 2.75) is 19.3 Å². The van der Waals surface area contributed by atoms with Gasteiger partial charge in [-0.1, -0.05) is 12.1 Å². The zero-order chi connectivity index (χ0) is 16.3. The van der Waals surface area contributed by atoms with Gasteiger partial charge in [0.2, 0.25) is 5.95 Å². The third-order valence-corrected chi connectivity index (χ3v) is 4.44. The molecule has 6 heteroatoms. The maximum atomic E-state index is 13.1. The Morgan fingerprint density at radius 3 is 2.74 bits per heavy atom. The highest BCUT2D eigenvalue weighted by Crippen LogP contribution is 2.34. The summed E-state index contributed by atoms with van der Waals surface area (Å²) in [6.07, 6.45) is 4.20. The summed E-state index contributed by atoms with van der Waals surface area (Å²) in [7, 11) is 0. The van der Waals surface area contributed by atoms with Crippen LogP contribution < -0.4 is 10.6 Å². The van der Waals surface area contributed by atoms with Crippen LogP contribution in [0.2, 0.25) is 0 Å². The number of halogens is 1. The largest absolute Gasteiger partial charge is 0.396 e. The van der Waals surface area contributed by atoms with E-state index in [2.05, 4.69) is 14.9 Å². The lowest BCUT2D eigenvalue weighted by Gasteiger charge is -2.42. The normalized spacial score (nSPS) is 21.4. The summed E-state index contributed by atoms with van der Waals surface area (Å²) in [6.45, 7) is 1.57. The van der Waals surface area contributed by atoms with Crippen molar-refractivity contribution in [2.75, 3.05) is 30.3 Å². The molecular formula is C17H21FN4O. The lowest BCUT2D eigenvalue weighted by molar-refractivity contribution is 0.105. The monoisotopic (exact) mass is 316 g/mol. The second-order valence-electron chi connectivity index (χ2n) is 6.27. The fourth-order valence-corrected chi connectivity index (χ4v) is 3.26. The van der Waals surface area contributed by atoms with Gasteiger partial charge in [-0.05, 0) is 43.0 Å². The van der Waals surface area contributed by atoms with Crippen LogP contribution in [0.3, 0.4) is 0 Å². The minimum atomic E-state index is -0.274. The number of nitrogens with zero attached hydrogens (tertiary/aromatic N) is 3. The molecule has 3 rings (SSSR count). The van der Waals surface area contributed by atoms with E-state index in [4.69, 9.17) is 5.73 Å². The van der Waals surface area contributed by atoms with E-state index in [1.165, 1.54) is 12.1 Å². The van der Waals surface area contributed by atoms with Crippen LogP contribution in [0.15, 0.2) is 36.5 Å². The first kappa shape index (κ1) is 15.7. The van der Waals surface area contributed by atoms with Crippen LogP contribution in [0, 0.1) is 11.2 Å². The third-order valence-electron chi connectivity index (χ3n) is 4.44. The highest BCUT2D eigenvalue weighted by molar-refractivity contribution is 5.38. The third kappa shape index (κ3) is 3.59. The quantitative estimate of drug-likeness (QED) is 0.902. The fraction of sp³-hybridized carbons (Fsp3) is 0.412.